The number of aliphatic hydroxyl groups is 1. The molecule has 0 aliphatic carbocycles. The van der Waals surface area contributed by atoms with Gasteiger partial charge in [0.1, 0.15) is 5.82 Å². The van der Waals surface area contributed by atoms with E-state index in [0.717, 1.165) is 13.1 Å². The molecule has 1 aromatic heterocycles. The molecule has 1 unspecified atom stereocenters. The Bertz CT molecular complexity index is 682. The highest BCUT2D eigenvalue weighted by atomic mass is 19.3. The summed E-state index contributed by atoms with van der Waals surface area (Å²) in [6.07, 6.45) is 1.01. The van der Waals surface area contributed by atoms with E-state index in [2.05, 4.69) is 4.98 Å². The first-order chi connectivity index (χ1) is 10.2. The zero-order chi connectivity index (χ0) is 16.5. The number of nitrogens with zero attached hydrogens (tertiary/aromatic N) is 1. The number of carboxylic acid groups (broad SMARTS) is 1. The van der Waals surface area contributed by atoms with Gasteiger partial charge in [-0.1, -0.05) is 24.3 Å². The number of aromatic nitrogens is 1. The van der Waals surface area contributed by atoms with Gasteiger partial charge in [-0.2, -0.15) is 8.78 Å². The van der Waals surface area contributed by atoms with E-state index < -0.39 is 23.3 Å². The second-order valence-corrected chi connectivity index (χ2v) is 4.89. The molecule has 0 fully saturated rings. The van der Waals surface area contributed by atoms with Crippen molar-refractivity contribution < 1.29 is 28.2 Å². The van der Waals surface area contributed by atoms with Crippen molar-refractivity contribution in [2.75, 3.05) is 0 Å². The van der Waals surface area contributed by atoms with Gasteiger partial charge in [-0.05, 0) is 24.6 Å². The minimum Gasteiger partial charge on any atom is -0.477 e. The van der Waals surface area contributed by atoms with E-state index in [1.165, 1.54) is 36.4 Å². The van der Waals surface area contributed by atoms with Crippen LogP contribution in [0.25, 0.3) is 11.3 Å². The van der Waals surface area contributed by atoms with Crippen LogP contribution < -0.4 is 0 Å². The first-order valence-corrected chi connectivity index (χ1v) is 6.22. The van der Waals surface area contributed by atoms with Crippen LogP contribution in [0.2, 0.25) is 0 Å². The molecule has 22 heavy (non-hydrogen) atoms. The summed E-state index contributed by atoms with van der Waals surface area (Å²) >= 11 is 0. The average molecular weight is 311 g/mol. The standard InChI is InChI=1S/C15H12F3NO3/c1-14(22,15(17,18)13(20)21)10-4-2-9(3-5-10)12-7-6-11(16)8-19-12/h2-8,22H,1H3,(H,20,21). The minimum atomic E-state index is -4.34. The molecular formula is C15H12F3NO3. The van der Waals surface area contributed by atoms with E-state index >= 15 is 0 Å². The second kappa shape index (κ2) is 5.42. The number of rotatable bonds is 4. The molecule has 0 amide bonds. The Morgan fingerprint density at radius 1 is 1.14 bits per heavy atom. The summed E-state index contributed by atoms with van der Waals surface area (Å²) in [6.45, 7) is 0.728. The maximum atomic E-state index is 13.6. The Balaban J connectivity index is 2.36. The molecule has 0 aliphatic heterocycles. The van der Waals surface area contributed by atoms with Crippen molar-refractivity contribution in [1.82, 2.24) is 4.98 Å². The van der Waals surface area contributed by atoms with E-state index in [4.69, 9.17) is 5.11 Å². The largest absolute Gasteiger partial charge is 0.477 e. The highest BCUT2D eigenvalue weighted by Gasteiger charge is 2.56. The Morgan fingerprint density at radius 3 is 2.18 bits per heavy atom. The van der Waals surface area contributed by atoms with E-state index in [-0.39, 0.29) is 5.56 Å². The SMILES string of the molecule is CC(O)(c1ccc(-c2ccc(F)cn2)cc1)C(F)(F)C(=O)O. The van der Waals surface area contributed by atoms with Crippen LogP contribution in [0.15, 0.2) is 42.6 Å². The molecular weight excluding hydrogens is 299 g/mol. The summed E-state index contributed by atoms with van der Waals surface area (Å²) in [5, 5.41) is 18.4. The van der Waals surface area contributed by atoms with Crippen molar-refractivity contribution in [3.63, 3.8) is 0 Å². The number of carboxylic acids is 1. The highest BCUT2D eigenvalue weighted by Crippen LogP contribution is 2.38. The monoisotopic (exact) mass is 311 g/mol. The van der Waals surface area contributed by atoms with Crippen LogP contribution in [-0.2, 0) is 10.4 Å². The number of aliphatic carboxylic acids is 1. The van der Waals surface area contributed by atoms with Crippen molar-refractivity contribution >= 4 is 5.97 Å². The second-order valence-electron chi connectivity index (χ2n) is 4.89. The molecule has 0 saturated heterocycles. The molecule has 2 rings (SSSR count). The molecule has 7 heteroatoms. The van der Waals surface area contributed by atoms with Gasteiger partial charge in [0, 0.05) is 5.56 Å². The van der Waals surface area contributed by atoms with Gasteiger partial charge in [-0.25, -0.2) is 9.18 Å². The topological polar surface area (TPSA) is 70.4 Å². The zero-order valence-electron chi connectivity index (χ0n) is 11.4. The fourth-order valence-electron chi connectivity index (χ4n) is 1.90. The van der Waals surface area contributed by atoms with Crippen molar-refractivity contribution in [3.05, 3.63) is 54.0 Å². The van der Waals surface area contributed by atoms with Gasteiger partial charge in [-0.3, -0.25) is 4.98 Å². The third kappa shape index (κ3) is 2.67. The smallest absolute Gasteiger partial charge is 0.378 e. The van der Waals surface area contributed by atoms with Crippen LogP contribution in [0.3, 0.4) is 0 Å². The van der Waals surface area contributed by atoms with Crippen molar-refractivity contribution in [2.45, 2.75) is 18.4 Å². The molecule has 0 aliphatic rings. The van der Waals surface area contributed by atoms with E-state index in [1.54, 1.807) is 0 Å². The van der Waals surface area contributed by atoms with Gasteiger partial charge in [-0.15, -0.1) is 0 Å². The van der Waals surface area contributed by atoms with E-state index in [1.807, 2.05) is 0 Å². The number of hydrogen-bond acceptors (Lipinski definition) is 3. The van der Waals surface area contributed by atoms with Gasteiger partial charge in [0.05, 0.1) is 11.9 Å². The molecule has 1 heterocycles. The molecule has 1 aromatic carbocycles. The third-order valence-corrected chi connectivity index (χ3v) is 3.35. The molecule has 2 N–H and O–H groups in total. The van der Waals surface area contributed by atoms with E-state index in [9.17, 15) is 23.1 Å². The lowest BCUT2D eigenvalue weighted by Gasteiger charge is -2.29. The predicted molar refractivity (Wildman–Crippen MR) is 71.8 cm³/mol. The summed E-state index contributed by atoms with van der Waals surface area (Å²) in [4.78, 5) is 14.4. The molecule has 0 saturated carbocycles. The lowest BCUT2D eigenvalue weighted by Crippen LogP contribution is -2.48. The van der Waals surface area contributed by atoms with Gasteiger partial charge in [0.2, 0.25) is 0 Å². The van der Waals surface area contributed by atoms with Gasteiger partial charge >= 0.3 is 11.9 Å². The summed E-state index contributed by atoms with van der Waals surface area (Å²) in [7, 11) is 0. The molecule has 1 atom stereocenters. The molecule has 116 valence electrons. The number of hydrogen-bond donors (Lipinski definition) is 2. The van der Waals surface area contributed by atoms with Crippen molar-refractivity contribution in [1.29, 1.82) is 0 Å². The summed E-state index contributed by atoms with van der Waals surface area (Å²) in [5.74, 6) is -7.27. The Kier molecular flexibility index (Phi) is 3.93. The molecule has 0 radical (unpaired) electrons. The zero-order valence-corrected chi connectivity index (χ0v) is 11.4. The first kappa shape index (κ1) is 16.0. The maximum absolute atomic E-state index is 13.6. The third-order valence-electron chi connectivity index (χ3n) is 3.35. The van der Waals surface area contributed by atoms with Gasteiger partial charge in [0.25, 0.3) is 0 Å². The van der Waals surface area contributed by atoms with Crippen molar-refractivity contribution in [2.24, 2.45) is 0 Å². The fourth-order valence-corrected chi connectivity index (χ4v) is 1.90. The average Bonchev–Trinajstić information content (AvgIpc) is 2.48. The van der Waals surface area contributed by atoms with Gasteiger partial charge in [0.15, 0.2) is 5.60 Å². The number of halogens is 3. The molecule has 4 nitrogen and oxygen atoms in total. The normalized spacial score (nSPS) is 14.4. The number of benzene rings is 1. The van der Waals surface area contributed by atoms with E-state index in [0.29, 0.717) is 11.3 Å². The quantitative estimate of drug-likeness (QED) is 0.911. The summed E-state index contributed by atoms with van der Waals surface area (Å²) < 4.78 is 39.9. The lowest BCUT2D eigenvalue weighted by atomic mass is 9.88. The Hall–Kier alpha value is -2.41. The van der Waals surface area contributed by atoms with Crippen molar-refractivity contribution in [3.8, 4) is 11.3 Å². The lowest BCUT2D eigenvalue weighted by molar-refractivity contribution is -0.207. The van der Waals surface area contributed by atoms with Crippen LogP contribution in [0.5, 0.6) is 0 Å². The van der Waals surface area contributed by atoms with Crippen LogP contribution >= 0.6 is 0 Å². The number of pyridine rings is 1. The predicted octanol–water partition coefficient (Wildman–Crippen LogP) is 2.82. The number of alkyl halides is 2. The molecule has 0 bridgehead atoms. The highest BCUT2D eigenvalue weighted by molar-refractivity contribution is 5.77. The number of carbonyl (C=O) groups is 1. The summed E-state index contributed by atoms with van der Waals surface area (Å²) in [5.41, 5.74) is -2.20. The van der Waals surface area contributed by atoms with Crippen LogP contribution in [0.4, 0.5) is 13.2 Å². The van der Waals surface area contributed by atoms with Gasteiger partial charge < -0.3 is 10.2 Å². The summed E-state index contributed by atoms with van der Waals surface area (Å²) in [6, 6.07) is 7.75. The Morgan fingerprint density at radius 2 is 1.73 bits per heavy atom. The molecule has 0 spiro atoms. The minimum absolute atomic E-state index is 0.259. The Labute approximate surface area is 123 Å². The molecule has 2 aromatic rings. The maximum Gasteiger partial charge on any atom is 0.378 e. The first-order valence-electron chi connectivity index (χ1n) is 6.22. The fraction of sp³-hybridized carbons (Fsp3) is 0.200. The van der Waals surface area contributed by atoms with Crippen LogP contribution in [-0.4, -0.2) is 27.1 Å². The van der Waals surface area contributed by atoms with Crippen LogP contribution in [0, 0.1) is 5.82 Å². The van der Waals surface area contributed by atoms with Crippen LogP contribution in [0.1, 0.15) is 12.5 Å².